The topological polar surface area (TPSA) is 41.6 Å². The molecule has 0 atom stereocenters. The molecule has 0 fully saturated rings. The van der Waals surface area contributed by atoms with Crippen molar-refractivity contribution < 1.29 is 4.42 Å². The van der Waals surface area contributed by atoms with Gasteiger partial charge in [-0.25, -0.2) is 4.98 Å². The molecule has 5 heteroatoms. The average Bonchev–Trinajstić information content (AvgIpc) is 2.86. The number of halogens is 1. The molecule has 4 rings (SSSR count). The highest BCUT2D eigenvalue weighted by molar-refractivity contribution is 6.30. The van der Waals surface area contributed by atoms with Crippen LogP contribution in [-0.4, -0.2) is 17.7 Å². The van der Waals surface area contributed by atoms with Gasteiger partial charge in [-0.05, 0) is 43.5 Å². The molecule has 2 aliphatic heterocycles. The summed E-state index contributed by atoms with van der Waals surface area (Å²) >= 11 is 6.15. The molecule has 1 aromatic carbocycles. The Kier molecular flexibility index (Phi) is 4.70. The molecule has 0 N–H and O–H groups in total. The summed E-state index contributed by atoms with van der Waals surface area (Å²) in [4.78, 5) is 11.5. The molecule has 0 radical (unpaired) electrons. The Bertz CT molecular complexity index is 850. The largest absolute Gasteiger partial charge is 0.440 e. The van der Waals surface area contributed by atoms with Crippen molar-refractivity contribution in [2.24, 2.45) is 4.99 Å². The molecule has 3 heterocycles. The number of oxazole rings is 1. The summed E-state index contributed by atoms with van der Waals surface area (Å²) in [5.74, 6) is 1.61. The number of fused-ring (bicyclic) bond motifs is 1. The van der Waals surface area contributed by atoms with E-state index >= 15 is 0 Å². The average molecular weight is 354 g/mol. The zero-order valence-corrected chi connectivity index (χ0v) is 14.7. The van der Waals surface area contributed by atoms with E-state index in [1.54, 1.807) is 6.21 Å². The van der Waals surface area contributed by atoms with Gasteiger partial charge in [0.15, 0.2) is 0 Å². The standard InChI is InChI=1S/C20H20ClN3O/c21-15-7-5-8-16(13-15)24-12-6-10-19-18(14-24)23-20(25-19)17-9-3-1-2-4-11-22-17/h2,4-5,7-9,11,13H,1,3,6,10,12,14H2/b4-2-,17-9-,22-11+. The molecule has 0 spiro atoms. The fourth-order valence-electron chi connectivity index (χ4n) is 3.19. The fraction of sp³-hybridized carbons (Fsp3) is 0.300. The first-order chi connectivity index (χ1) is 12.3. The predicted molar refractivity (Wildman–Crippen MR) is 102 cm³/mol. The van der Waals surface area contributed by atoms with Crippen molar-refractivity contribution in [2.45, 2.75) is 32.2 Å². The van der Waals surface area contributed by atoms with E-state index in [4.69, 9.17) is 21.0 Å². The van der Waals surface area contributed by atoms with Crippen LogP contribution in [0, 0.1) is 0 Å². The number of aliphatic imine (C=N–C) groups is 1. The van der Waals surface area contributed by atoms with Gasteiger partial charge in [-0.15, -0.1) is 0 Å². The molecule has 4 nitrogen and oxygen atoms in total. The lowest BCUT2D eigenvalue weighted by molar-refractivity contribution is 0.486. The third kappa shape index (κ3) is 3.69. The number of nitrogens with zero attached hydrogens (tertiary/aromatic N) is 3. The summed E-state index contributed by atoms with van der Waals surface area (Å²) in [6.45, 7) is 1.70. The Labute approximate surface area is 152 Å². The lowest BCUT2D eigenvalue weighted by atomic mass is 10.2. The summed E-state index contributed by atoms with van der Waals surface area (Å²) in [5, 5.41) is 0.755. The Morgan fingerprint density at radius 3 is 3.08 bits per heavy atom. The molecular formula is C20H20ClN3O. The van der Waals surface area contributed by atoms with Crippen molar-refractivity contribution in [1.29, 1.82) is 0 Å². The van der Waals surface area contributed by atoms with Crippen LogP contribution in [0.3, 0.4) is 0 Å². The second-order valence-electron chi connectivity index (χ2n) is 6.27. The van der Waals surface area contributed by atoms with Gasteiger partial charge in [0.05, 0.1) is 6.54 Å². The maximum absolute atomic E-state index is 6.15. The second-order valence-corrected chi connectivity index (χ2v) is 6.70. The SMILES string of the molecule is Clc1cccc(N2CCCc3oc(C4=C\CC\C=C/C=N/4)nc3C2)c1. The van der Waals surface area contributed by atoms with Gasteiger partial charge in [-0.3, -0.25) is 4.99 Å². The molecule has 2 aliphatic rings. The number of anilines is 1. The van der Waals surface area contributed by atoms with Crippen LogP contribution < -0.4 is 4.90 Å². The van der Waals surface area contributed by atoms with Crippen molar-refractivity contribution >= 4 is 29.2 Å². The Hall–Kier alpha value is -2.33. The van der Waals surface area contributed by atoms with E-state index < -0.39 is 0 Å². The minimum Gasteiger partial charge on any atom is -0.440 e. The van der Waals surface area contributed by atoms with Gasteiger partial charge in [0.1, 0.15) is 17.2 Å². The van der Waals surface area contributed by atoms with E-state index in [-0.39, 0.29) is 0 Å². The monoisotopic (exact) mass is 353 g/mol. The van der Waals surface area contributed by atoms with Crippen LogP contribution in [0.2, 0.25) is 5.02 Å². The van der Waals surface area contributed by atoms with Gasteiger partial charge in [-0.1, -0.05) is 29.8 Å². The van der Waals surface area contributed by atoms with Crippen LogP contribution in [0.5, 0.6) is 0 Å². The quantitative estimate of drug-likeness (QED) is 0.759. The molecule has 0 saturated carbocycles. The lowest BCUT2D eigenvalue weighted by Crippen LogP contribution is -2.22. The van der Waals surface area contributed by atoms with E-state index in [0.717, 1.165) is 66.6 Å². The molecule has 0 saturated heterocycles. The maximum Gasteiger partial charge on any atom is 0.245 e. The third-order valence-electron chi connectivity index (χ3n) is 4.45. The predicted octanol–water partition coefficient (Wildman–Crippen LogP) is 5.04. The van der Waals surface area contributed by atoms with Gasteiger partial charge < -0.3 is 9.32 Å². The number of rotatable bonds is 2. The maximum atomic E-state index is 6.15. The molecule has 0 amide bonds. The van der Waals surface area contributed by atoms with Crippen molar-refractivity contribution in [3.63, 3.8) is 0 Å². The van der Waals surface area contributed by atoms with Gasteiger partial charge >= 0.3 is 0 Å². The van der Waals surface area contributed by atoms with Crippen LogP contribution in [0.25, 0.3) is 5.70 Å². The highest BCUT2D eigenvalue weighted by Gasteiger charge is 2.22. The summed E-state index contributed by atoms with van der Waals surface area (Å²) in [5.41, 5.74) is 2.95. The first-order valence-electron chi connectivity index (χ1n) is 8.68. The van der Waals surface area contributed by atoms with E-state index in [0.29, 0.717) is 5.89 Å². The first-order valence-corrected chi connectivity index (χ1v) is 9.06. The summed E-state index contributed by atoms with van der Waals surface area (Å²) in [7, 11) is 0. The summed E-state index contributed by atoms with van der Waals surface area (Å²) in [6, 6.07) is 7.97. The minimum atomic E-state index is 0.629. The van der Waals surface area contributed by atoms with Crippen LogP contribution in [-0.2, 0) is 13.0 Å². The van der Waals surface area contributed by atoms with E-state index in [2.05, 4.69) is 28.1 Å². The number of benzene rings is 1. The molecule has 128 valence electrons. The molecular weight excluding hydrogens is 334 g/mol. The molecule has 1 aromatic heterocycles. The van der Waals surface area contributed by atoms with Crippen LogP contribution in [0.1, 0.15) is 36.6 Å². The van der Waals surface area contributed by atoms with E-state index in [9.17, 15) is 0 Å². The first kappa shape index (κ1) is 16.2. The highest BCUT2D eigenvalue weighted by Crippen LogP contribution is 2.28. The smallest absolute Gasteiger partial charge is 0.245 e. The number of allylic oxidation sites excluding steroid dienone is 3. The van der Waals surface area contributed by atoms with Crippen LogP contribution >= 0.6 is 11.6 Å². The van der Waals surface area contributed by atoms with Gasteiger partial charge in [0, 0.05) is 29.9 Å². The number of hydrogen-bond acceptors (Lipinski definition) is 4. The van der Waals surface area contributed by atoms with Crippen LogP contribution in [0.4, 0.5) is 5.69 Å². The van der Waals surface area contributed by atoms with Crippen LogP contribution in [0.15, 0.2) is 51.9 Å². The van der Waals surface area contributed by atoms with Gasteiger partial charge in [0.2, 0.25) is 5.89 Å². The van der Waals surface area contributed by atoms with Crippen molar-refractivity contribution in [3.05, 3.63) is 64.9 Å². The molecule has 25 heavy (non-hydrogen) atoms. The Balaban J connectivity index is 1.61. The third-order valence-corrected chi connectivity index (χ3v) is 4.69. The van der Waals surface area contributed by atoms with Gasteiger partial charge in [0.25, 0.3) is 0 Å². The van der Waals surface area contributed by atoms with Crippen molar-refractivity contribution in [1.82, 2.24) is 4.98 Å². The van der Waals surface area contributed by atoms with E-state index in [1.807, 2.05) is 24.3 Å². The lowest BCUT2D eigenvalue weighted by Gasteiger charge is -2.22. The van der Waals surface area contributed by atoms with Gasteiger partial charge in [-0.2, -0.15) is 0 Å². The van der Waals surface area contributed by atoms with Crippen molar-refractivity contribution in [2.75, 3.05) is 11.4 Å². The number of hydrogen-bond donors (Lipinski definition) is 0. The molecule has 0 aliphatic carbocycles. The Morgan fingerprint density at radius 1 is 1.20 bits per heavy atom. The number of aromatic nitrogens is 1. The second kappa shape index (κ2) is 7.28. The number of aryl methyl sites for hydroxylation is 1. The minimum absolute atomic E-state index is 0.629. The summed E-state index contributed by atoms with van der Waals surface area (Å²) in [6.07, 6.45) is 11.9. The zero-order valence-electron chi connectivity index (χ0n) is 14.0. The van der Waals surface area contributed by atoms with Crippen molar-refractivity contribution in [3.8, 4) is 0 Å². The van der Waals surface area contributed by atoms with E-state index in [1.165, 1.54) is 0 Å². The fourth-order valence-corrected chi connectivity index (χ4v) is 3.37. The molecule has 0 unspecified atom stereocenters. The zero-order chi connectivity index (χ0) is 17.1. The Morgan fingerprint density at radius 2 is 2.16 bits per heavy atom. The molecule has 2 aromatic rings. The molecule has 0 bridgehead atoms. The normalized spacial score (nSPS) is 22.1. The highest BCUT2D eigenvalue weighted by atomic mass is 35.5. The summed E-state index contributed by atoms with van der Waals surface area (Å²) < 4.78 is 6.06.